The molecule has 2 atom stereocenters. The van der Waals surface area contributed by atoms with Crippen LogP contribution < -0.4 is 5.32 Å². The Labute approximate surface area is 173 Å². The highest BCUT2D eigenvalue weighted by Gasteiger charge is 2.35. The van der Waals surface area contributed by atoms with E-state index in [2.05, 4.69) is 5.32 Å². The van der Waals surface area contributed by atoms with Gasteiger partial charge in [0.25, 0.3) is 0 Å². The lowest BCUT2D eigenvalue weighted by Crippen LogP contribution is -2.48. The maximum absolute atomic E-state index is 13.3. The second kappa shape index (κ2) is 11.6. The first kappa shape index (κ1) is 25.5. The number of aliphatic carboxylic acids is 2. The van der Waals surface area contributed by atoms with Crippen molar-refractivity contribution in [2.24, 2.45) is 0 Å². The Balaban J connectivity index is 0.000000479. The summed E-state index contributed by atoms with van der Waals surface area (Å²) in [7, 11) is -3.16. The molecule has 2 aliphatic heterocycles. The monoisotopic (exact) mass is 448 g/mol. The predicted octanol–water partition coefficient (Wildman–Crippen LogP) is -0.826. The average molecular weight is 448 g/mol. The van der Waals surface area contributed by atoms with Crippen LogP contribution in [0.1, 0.15) is 19.3 Å². The number of hydrogen-bond acceptors (Lipinski definition) is 7. The lowest BCUT2D eigenvalue weighted by atomic mass is 10.1. The summed E-state index contributed by atoms with van der Waals surface area (Å²) in [6, 6.07) is 1.33. The zero-order valence-electron chi connectivity index (χ0n) is 16.4. The summed E-state index contributed by atoms with van der Waals surface area (Å²) in [5, 5.41) is 27.6. The fraction of sp³-hybridized carbons (Fsp3) is 0.647. The van der Waals surface area contributed by atoms with Crippen molar-refractivity contribution in [3.63, 3.8) is 0 Å². The van der Waals surface area contributed by atoms with E-state index in [1.54, 1.807) is 0 Å². The fourth-order valence-electron chi connectivity index (χ4n) is 3.05. The van der Waals surface area contributed by atoms with Crippen molar-refractivity contribution in [1.82, 2.24) is 14.5 Å². The number of alkyl halides is 1. The first-order valence-corrected chi connectivity index (χ1v) is 10.9. The van der Waals surface area contributed by atoms with Gasteiger partial charge in [0, 0.05) is 37.7 Å². The van der Waals surface area contributed by atoms with Crippen LogP contribution in [0.2, 0.25) is 0 Å². The van der Waals surface area contributed by atoms with Gasteiger partial charge in [0.15, 0.2) is 0 Å². The van der Waals surface area contributed by atoms with Gasteiger partial charge in [-0.05, 0) is 12.8 Å². The summed E-state index contributed by atoms with van der Waals surface area (Å²) in [6.45, 7) is 0.892. The Bertz CT molecular complexity index is 787. The molecule has 2 saturated heterocycles. The molecule has 11 nitrogen and oxygen atoms in total. The maximum Gasteiger partial charge on any atom is 0.328 e. The Morgan fingerprint density at radius 1 is 1.20 bits per heavy atom. The van der Waals surface area contributed by atoms with Crippen LogP contribution in [0.4, 0.5) is 4.39 Å². The van der Waals surface area contributed by atoms with Gasteiger partial charge < -0.3 is 20.4 Å². The van der Waals surface area contributed by atoms with Gasteiger partial charge in [-0.25, -0.2) is 26.7 Å². The van der Waals surface area contributed by atoms with E-state index in [9.17, 15) is 27.2 Å². The van der Waals surface area contributed by atoms with Crippen LogP contribution in [0.5, 0.6) is 0 Å². The molecule has 0 unspecified atom stereocenters. The molecular formula is C17H25FN4O7S. The lowest BCUT2D eigenvalue weighted by molar-refractivity contribution is -0.134. The Morgan fingerprint density at radius 3 is 2.17 bits per heavy atom. The largest absolute Gasteiger partial charge is 0.478 e. The van der Waals surface area contributed by atoms with E-state index in [0.29, 0.717) is 38.1 Å². The van der Waals surface area contributed by atoms with Crippen LogP contribution in [-0.2, 0) is 24.4 Å². The van der Waals surface area contributed by atoms with Crippen molar-refractivity contribution < 1.29 is 37.4 Å². The highest BCUT2D eigenvalue weighted by molar-refractivity contribution is 7.88. The fourth-order valence-corrected chi connectivity index (χ4v) is 3.92. The number of sulfonamides is 1. The molecule has 0 aliphatic carbocycles. The van der Waals surface area contributed by atoms with Crippen molar-refractivity contribution in [2.45, 2.75) is 37.5 Å². The van der Waals surface area contributed by atoms with E-state index < -0.39 is 34.2 Å². The standard InChI is InChI=1S/C13H21FN4O3S.C4H4O4/c1-22(20,21)17-4-2-11(3-5-17)16-8-13(19)18-9-10(14)6-12(18)7-15;5-3(6)1-2-4(7)8/h10-12,16H,2-6,8-9H2,1H3;1-2H,(H,5,6)(H,7,8)/b;2-1+/t10-,12-;/m0./s1. The number of nitrogens with one attached hydrogen (secondary N) is 1. The number of nitriles is 1. The van der Waals surface area contributed by atoms with Gasteiger partial charge in [-0.1, -0.05) is 0 Å². The Hall–Kier alpha value is -2.56. The summed E-state index contributed by atoms with van der Waals surface area (Å²) in [6.07, 6.45) is 2.51. The van der Waals surface area contributed by atoms with Gasteiger partial charge in [-0.2, -0.15) is 5.26 Å². The van der Waals surface area contributed by atoms with Crippen molar-refractivity contribution >= 4 is 27.9 Å². The first-order valence-electron chi connectivity index (χ1n) is 9.09. The molecule has 2 rings (SSSR count). The summed E-state index contributed by atoms with van der Waals surface area (Å²) < 4.78 is 37.5. The number of likely N-dealkylation sites (tertiary alicyclic amines) is 1. The van der Waals surface area contributed by atoms with Crippen molar-refractivity contribution in [2.75, 3.05) is 32.4 Å². The Kier molecular flexibility index (Phi) is 9.83. The highest BCUT2D eigenvalue weighted by Crippen LogP contribution is 2.20. The average Bonchev–Trinajstić information content (AvgIpc) is 3.05. The van der Waals surface area contributed by atoms with Crippen molar-refractivity contribution in [3.8, 4) is 6.07 Å². The summed E-state index contributed by atoms with van der Waals surface area (Å²) in [4.78, 5) is 32.5. The third-order valence-corrected chi connectivity index (χ3v) is 5.86. The van der Waals surface area contributed by atoms with Gasteiger partial charge in [-0.3, -0.25) is 4.79 Å². The third kappa shape index (κ3) is 8.85. The predicted molar refractivity (Wildman–Crippen MR) is 102 cm³/mol. The quantitative estimate of drug-likeness (QED) is 0.439. The molecule has 0 aromatic rings. The minimum atomic E-state index is -3.16. The molecular weight excluding hydrogens is 423 g/mol. The van der Waals surface area contributed by atoms with Gasteiger partial charge in [0.2, 0.25) is 15.9 Å². The maximum atomic E-state index is 13.3. The van der Waals surface area contributed by atoms with E-state index in [1.165, 1.54) is 15.5 Å². The van der Waals surface area contributed by atoms with E-state index in [4.69, 9.17) is 15.5 Å². The molecule has 0 spiro atoms. The number of carboxylic acids is 2. The molecule has 2 fully saturated rings. The molecule has 30 heavy (non-hydrogen) atoms. The molecule has 13 heteroatoms. The number of amides is 1. The highest BCUT2D eigenvalue weighted by atomic mass is 32.2. The molecule has 0 aromatic carbocycles. The second-order valence-corrected chi connectivity index (χ2v) is 8.83. The Morgan fingerprint density at radius 2 is 1.73 bits per heavy atom. The number of carbonyl (C=O) groups is 3. The number of nitrogens with zero attached hydrogens (tertiary/aromatic N) is 3. The normalized spacial score (nSPS) is 22.9. The van der Waals surface area contributed by atoms with E-state index in [-0.39, 0.29) is 31.5 Å². The van der Waals surface area contributed by atoms with Crippen LogP contribution >= 0.6 is 0 Å². The topological polar surface area (TPSA) is 168 Å². The van der Waals surface area contributed by atoms with Gasteiger partial charge in [-0.15, -0.1) is 0 Å². The van der Waals surface area contributed by atoms with Crippen LogP contribution in [0, 0.1) is 11.3 Å². The van der Waals surface area contributed by atoms with Crippen molar-refractivity contribution in [3.05, 3.63) is 12.2 Å². The van der Waals surface area contributed by atoms with Crippen LogP contribution in [-0.4, -0.2) is 96.4 Å². The van der Waals surface area contributed by atoms with Gasteiger partial charge in [0.05, 0.1) is 25.4 Å². The molecule has 0 radical (unpaired) electrons. The number of rotatable bonds is 6. The number of carboxylic acid groups (broad SMARTS) is 2. The minimum absolute atomic E-state index is 0.0226. The van der Waals surface area contributed by atoms with Gasteiger partial charge >= 0.3 is 11.9 Å². The van der Waals surface area contributed by atoms with Crippen LogP contribution in [0.25, 0.3) is 0 Å². The van der Waals surface area contributed by atoms with E-state index in [1.807, 2.05) is 6.07 Å². The van der Waals surface area contributed by atoms with Crippen LogP contribution in [0.15, 0.2) is 12.2 Å². The van der Waals surface area contributed by atoms with E-state index >= 15 is 0 Å². The third-order valence-electron chi connectivity index (χ3n) is 4.55. The second-order valence-electron chi connectivity index (χ2n) is 6.85. The van der Waals surface area contributed by atoms with Gasteiger partial charge in [0.1, 0.15) is 12.2 Å². The zero-order chi connectivity index (χ0) is 22.9. The molecule has 1 amide bonds. The zero-order valence-corrected chi connectivity index (χ0v) is 17.2. The van der Waals surface area contributed by atoms with E-state index in [0.717, 1.165) is 0 Å². The number of carbonyl (C=O) groups excluding carboxylic acids is 1. The molecule has 2 heterocycles. The SMILES string of the molecule is CS(=O)(=O)N1CCC(NCC(=O)N2C[C@@H](F)C[C@H]2C#N)CC1.O=C(O)/C=C/C(=O)O. The van der Waals surface area contributed by atoms with Crippen molar-refractivity contribution in [1.29, 1.82) is 5.26 Å². The number of piperidine rings is 1. The summed E-state index contributed by atoms with van der Waals surface area (Å²) >= 11 is 0. The summed E-state index contributed by atoms with van der Waals surface area (Å²) in [5.74, 6) is -2.79. The molecule has 0 saturated carbocycles. The first-order chi connectivity index (χ1) is 13.9. The number of halogens is 1. The van der Waals surface area contributed by atoms with Crippen LogP contribution in [0.3, 0.4) is 0 Å². The molecule has 3 N–H and O–H groups in total. The molecule has 0 bridgehead atoms. The molecule has 2 aliphatic rings. The number of hydrogen-bond donors (Lipinski definition) is 3. The lowest BCUT2D eigenvalue weighted by Gasteiger charge is -2.31. The summed E-state index contributed by atoms with van der Waals surface area (Å²) in [5.41, 5.74) is 0. The minimum Gasteiger partial charge on any atom is -0.478 e. The molecule has 168 valence electrons. The molecule has 0 aromatic heterocycles. The smallest absolute Gasteiger partial charge is 0.328 e.